The summed E-state index contributed by atoms with van der Waals surface area (Å²) in [5.41, 5.74) is 0. The van der Waals surface area contributed by atoms with Crippen LogP contribution in [0.15, 0.2) is 29.7 Å². The van der Waals surface area contributed by atoms with E-state index in [0.717, 1.165) is 0 Å². The molecule has 0 atom stereocenters. The summed E-state index contributed by atoms with van der Waals surface area (Å²) in [6, 6.07) is -0.417. The van der Waals surface area contributed by atoms with E-state index < -0.39 is 6.03 Å². The number of amides is 2. The standard InChI is InChI=1S/C7H10N2OS/c1-3-5-9(6-4-2)7(10)8-11/h3-4H,1-2,5-6H2. The molecule has 0 spiro atoms. The van der Waals surface area contributed by atoms with Gasteiger partial charge in [-0.25, -0.2) is 4.79 Å². The maximum absolute atomic E-state index is 10.9. The van der Waals surface area contributed by atoms with Gasteiger partial charge in [-0.15, -0.1) is 17.5 Å². The van der Waals surface area contributed by atoms with Crippen LogP contribution in [0.2, 0.25) is 0 Å². The maximum Gasteiger partial charge on any atom is 0.355 e. The van der Waals surface area contributed by atoms with Gasteiger partial charge in [0, 0.05) is 25.5 Å². The number of hydrogen-bond acceptors (Lipinski definition) is 2. The summed E-state index contributed by atoms with van der Waals surface area (Å²) < 4.78 is 3.10. The van der Waals surface area contributed by atoms with Gasteiger partial charge >= 0.3 is 6.03 Å². The first-order valence-corrected chi connectivity index (χ1v) is 3.46. The van der Waals surface area contributed by atoms with Gasteiger partial charge < -0.3 is 4.90 Å². The highest BCUT2D eigenvalue weighted by Gasteiger charge is 2.06. The van der Waals surface area contributed by atoms with Crippen LogP contribution in [0.1, 0.15) is 0 Å². The van der Waals surface area contributed by atoms with Crippen molar-refractivity contribution in [3.05, 3.63) is 25.3 Å². The Labute approximate surface area is 71.6 Å². The molecular formula is C7H10N2OS. The molecule has 0 aliphatic carbocycles. The number of urea groups is 1. The Bertz CT molecular complexity index is 169. The van der Waals surface area contributed by atoms with Crippen molar-refractivity contribution < 1.29 is 4.79 Å². The monoisotopic (exact) mass is 170 g/mol. The van der Waals surface area contributed by atoms with Crippen molar-refractivity contribution in [2.75, 3.05) is 13.1 Å². The lowest BCUT2D eigenvalue weighted by Gasteiger charge is -2.14. The third-order valence-corrected chi connectivity index (χ3v) is 1.20. The topological polar surface area (TPSA) is 32.7 Å². The van der Waals surface area contributed by atoms with Crippen LogP contribution < -0.4 is 0 Å². The minimum Gasteiger partial charge on any atom is -0.315 e. The number of rotatable bonds is 4. The highest BCUT2D eigenvalue weighted by atomic mass is 32.1. The van der Waals surface area contributed by atoms with E-state index in [1.54, 1.807) is 12.2 Å². The molecule has 0 saturated heterocycles. The predicted molar refractivity (Wildman–Crippen MR) is 47.2 cm³/mol. The first kappa shape index (κ1) is 9.97. The van der Waals surface area contributed by atoms with Crippen molar-refractivity contribution in [2.45, 2.75) is 0 Å². The van der Waals surface area contributed by atoms with E-state index in [4.69, 9.17) is 0 Å². The zero-order chi connectivity index (χ0) is 8.69. The highest BCUT2D eigenvalue weighted by Crippen LogP contribution is 1.92. The fourth-order valence-corrected chi connectivity index (χ4v) is 0.716. The fraction of sp³-hybridized carbons (Fsp3) is 0.286. The molecule has 0 unspecified atom stereocenters. The molecule has 3 nitrogen and oxygen atoms in total. The summed E-state index contributed by atoms with van der Waals surface area (Å²) in [6.45, 7) is 7.89. The van der Waals surface area contributed by atoms with Crippen molar-refractivity contribution in [2.24, 2.45) is 4.36 Å². The van der Waals surface area contributed by atoms with Crippen LogP contribution in [0, 0.1) is 0 Å². The summed E-state index contributed by atoms with van der Waals surface area (Å²) in [5.74, 6) is 0. The summed E-state index contributed by atoms with van der Waals surface area (Å²) in [4.78, 5) is 12.3. The summed E-state index contributed by atoms with van der Waals surface area (Å²) in [7, 11) is 0. The lowest BCUT2D eigenvalue weighted by atomic mass is 10.5. The molecule has 0 radical (unpaired) electrons. The molecule has 0 saturated carbocycles. The van der Waals surface area contributed by atoms with Gasteiger partial charge in [-0.1, -0.05) is 12.2 Å². The van der Waals surface area contributed by atoms with Crippen molar-refractivity contribution in [3.8, 4) is 0 Å². The Morgan fingerprint density at radius 2 is 1.91 bits per heavy atom. The number of nitrogens with zero attached hydrogens (tertiary/aromatic N) is 2. The van der Waals surface area contributed by atoms with Gasteiger partial charge in [0.25, 0.3) is 0 Å². The first-order valence-electron chi connectivity index (χ1n) is 3.10. The second kappa shape index (κ2) is 5.73. The average Bonchev–Trinajstić information content (AvgIpc) is 2.03. The number of carbonyl (C=O) groups is 1. The number of hydrogen-bond donors (Lipinski definition) is 0. The van der Waals surface area contributed by atoms with Crippen LogP contribution in [-0.4, -0.2) is 24.0 Å². The van der Waals surface area contributed by atoms with E-state index in [9.17, 15) is 4.79 Å². The Morgan fingerprint density at radius 1 is 1.45 bits per heavy atom. The van der Waals surface area contributed by atoms with E-state index in [-0.39, 0.29) is 0 Å². The Kier molecular flexibility index (Phi) is 5.20. The van der Waals surface area contributed by atoms with Gasteiger partial charge in [0.15, 0.2) is 0 Å². The quantitative estimate of drug-likeness (QED) is 0.599. The largest absolute Gasteiger partial charge is 0.355 e. The molecule has 0 aromatic heterocycles. The molecule has 60 valence electrons. The molecule has 11 heavy (non-hydrogen) atoms. The van der Waals surface area contributed by atoms with Gasteiger partial charge in [-0.3, -0.25) is 0 Å². The molecular weight excluding hydrogens is 160 g/mol. The highest BCUT2D eigenvalue weighted by molar-refractivity contribution is 7.47. The molecule has 0 rings (SSSR count). The van der Waals surface area contributed by atoms with Crippen molar-refractivity contribution in [3.63, 3.8) is 0 Å². The van der Waals surface area contributed by atoms with Crippen LogP contribution in [0.4, 0.5) is 4.79 Å². The van der Waals surface area contributed by atoms with E-state index in [1.165, 1.54) is 4.90 Å². The fourth-order valence-electron chi connectivity index (χ4n) is 0.600. The zero-order valence-corrected chi connectivity index (χ0v) is 7.01. The minimum atomic E-state index is -0.417. The molecule has 2 amide bonds. The predicted octanol–water partition coefficient (Wildman–Crippen LogP) is 1.51. The van der Waals surface area contributed by atoms with Crippen LogP contribution in [0.5, 0.6) is 0 Å². The molecule has 0 aliphatic rings. The molecule has 0 bridgehead atoms. The van der Waals surface area contributed by atoms with Gasteiger partial charge in [-0.05, 0) is 0 Å². The molecule has 4 heteroatoms. The van der Waals surface area contributed by atoms with Gasteiger partial charge in [0.1, 0.15) is 0 Å². The number of carbonyl (C=O) groups excluding carboxylic acids is 1. The molecule has 0 heterocycles. The zero-order valence-electron chi connectivity index (χ0n) is 6.19. The summed E-state index contributed by atoms with van der Waals surface area (Å²) >= 11 is 4.24. The van der Waals surface area contributed by atoms with Crippen LogP contribution in [0.25, 0.3) is 0 Å². The lowest BCUT2D eigenvalue weighted by molar-refractivity contribution is 0.219. The summed E-state index contributed by atoms with van der Waals surface area (Å²) in [5, 5.41) is 0. The van der Waals surface area contributed by atoms with E-state index >= 15 is 0 Å². The van der Waals surface area contributed by atoms with Gasteiger partial charge in [-0.2, -0.15) is 0 Å². The normalized spacial score (nSPS) is 8.36. The Morgan fingerprint density at radius 3 is 2.18 bits per heavy atom. The minimum absolute atomic E-state index is 0.417. The molecule has 0 aliphatic heterocycles. The van der Waals surface area contributed by atoms with Crippen molar-refractivity contribution >= 4 is 18.5 Å². The third kappa shape index (κ3) is 3.62. The smallest absolute Gasteiger partial charge is 0.315 e. The molecule has 0 aromatic carbocycles. The van der Waals surface area contributed by atoms with Crippen molar-refractivity contribution in [1.82, 2.24) is 4.90 Å². The van der Waals surface area contributed by atoms with Crippen LogP contribution in [-0.2, 0) is 12.4 Å². The Hall–Kier alpha value is -1.03. The van der Waals surface area contributed by atoms with Gasteiger partial charge in [0.05, 0.1) is 0 Å². The first-order chi connectivity index (χ1) is 5.26. The van der Waals surface area contributed by atoms with E-state index in [1.807, 2.05) is 0 Å². The molecule has 0 fully saturated rings. The molecule has 0 N–H and O–H groups in total. The SMILES string of the molecule is C=CCN(CC=C)C(=O)N=S. The summed E-state index contributed by atoms with van der Waals surface area (Å²) in [6.07, 6.45) is 3.23. The van der Waals surface area contributed by atoms with E-state index in [2.05, 4.69) is 29.9 Å². The van der Waals surface area contributed by atoms with Crippen LogP contribution >= 0.6 is 0 Å². The Balaban J connectivity index is 4.06. The van der Waals surface area contributed by atoms with E-state index in [0.29, 0.717) is 13.1 Å². The van der Waals surface area contributed by atoms with Crippen LogP contribution in [0.3, 0.4) is 0 Å². The van der Waals surface area contributed by atoms with Gasteiger partial charge in [0.2, 0.25) is 0 Å². The second-order valence-electron chi connectivity index (χ2n) is 1.86. The second-order valence-corrected chi connectivity index (χ2v) is 2.04. The van der Waals surface area contributed by atoms with Crippen molar-refractivity contribution in [1.29, 1.82) is 0 Å². The lowest BCUT2D eigenvalue weighted by Crippen LogP contribution is -2.28. The third-order valence-electron chi connectivity index (χ3n) is 1.05. The average molecular weight is 170 g/mol. The molecule has 0 aromatic rings. The maximum atomic E-state index is 10.9.